The van der Waals surface area contributed by atoms with E-state index in [0.29, 0.717) is 12.8 Å². The minimum Gasteiger partial charge on any atom is -0.369 e. The average Bonchev–Trinajstić information content (AvgIpc) is 2.24. The summed E-state index contributed by atoms with van der Waals surface area (Å²) in [5.41, 5.74) is 6.82. The van der Waals surface area contributed by atoms with Crippen molar-refractivity contribution < 1.29 is 18.0 Å². The predicted octanol–water partition coefficient (Wildman–Crippen LogP) is 2.99. The lowest BCUT2D eigenvalue weighted by Crippen LogP contribution is -2.14. The molecule has 0 aromatic heterocycles. The van der Waals surface area contributed by atoms with Gasteiger partial charge in [0.2, 0.25) is 5.91 Å². The highest BCUT2D eigenvalue weighted by Crippen LogP contribution is 2.23. The number of amides is 1. The third-order valence-electron chi connectivity index (χ3n) is 2.64. The van der Waals surface area contributed by atoms with Gasteiger partial charge in [0.15, 0.2) is 0 Å². The average molecular weight is 259 g/mol. The van der Waals surface area contributed by atoms with E-state index in [1.54, 1.807) is 12.1 Å². The van der Waals surface area contributed by atoms with Gasteiger partial charge in [0.05, 0.1) is 6.42 Å². The molecule has 18 heavy (non-hydrogen) atoms. The van der Waals surface area contributed by atoms with Gasteiger partial charge in [0.25, 0.3) is 0 Å². The third kappa shape index (κ3) is 5.70. The Morgan fingerprint density at radius 3 is 2.28 bits per heavy atom. The van der Waals surface area contributed by atoms with Crippen molar-refractivity contribution >= 4 is 5.91 Å². The molecule has 0 aliphatic carbocycles. The zero-order chi connectivity index (χ0) is 13.6. The zero-order valence-electron chi connectivity index (χ0n) is 9.96. The second-order valence-electron chi connectivity index (χ2n) is 4.23. The van der Waals surface area contributed by atoms with E-state index < -0.39 is 18.5 Å². The molecule has 1 aromatic carbocycles. The molecule has 0 radical (unpaired) electrons. The fraction of sp³-hybridized carbons (Fsp3) is 0.462. The topological polar surface area (TPSA) is 43.1 Å². The predicted molar refractivity (Wildman–Crippen MR) is 63.0 cm³/mol. The Kier molecular flexibility index (Phi) is 5.19. The molecule has 0 heterocycles. The van der Waals surface area contributed by atoms with Crippen molar-refractivity contribution in [3.63, 3.8) is 0 Å². The van der Waals surface area contributed by atoms with Gasteiger partial charge in [-0.2, -0.15) is 13.2 Å². The summed E-state index contributed by atoms with van der Waals surface area (Å²) in [6.45, 7) is 0. The maximum absolute atomic E-state index is 12.0. The van der Waals surface area contributed by atoms with E-state index in [-0.39, 0.29) is 12.8 Å². The van der Waals surface area contributed by atoms with Crippen LogP contribution in [-0.4, -0.2) is 12.1 Å². The molecule has 1 amide bonds. The fourth-order valence-corrected chi connectivity index (χ4v) is 1.80. The summed E-state index contributed by atoms with van der Waals surface area (Å²) in [5.74, 6) is -0.433. The summed E-state index contributed by atoms with van der Waals surface area (Å²) in [4.78, 5) is 10.9. The number of hydrogen-bond acceptors (Lipinski definition) is 1. The number of primary amides is 1. The quantitative estimate of drug-likeness (QED) is 0.784. The van der Waals surface area contributed by atoms with E-state index in [1.807, 2.05) is 12.1 Å². The molecular formula is C13H16F3NO. The van der Waals surface area contributed by atoms with Gasteiger partial charge in [-0.1, -0.05) is 24.3 Å². The number of halogens is 3. The van der Waals surface area contributed by atoms with Crippen molar-refractivity contribution in [2.45, 2.75) is 38.3 Å². The van der Waals surface area contributed by atoms with Gasteiger partial charge in [0, 0.05) is 6.42 Å². The van der Waals surface area contributed by atoms with Gasteiger partial charge in [-0.3, -0.25) is 4.79 Å². The highest BCUT2D eigenvalue weighted by atomic mass is 19.4. The molecule has 0 spiro atoms. The van der Waals surface area contributed by atoms with Gasteiger partial charge in [-0.15, -0.1) is 0 Å². The van der Waals surface area contributed by atoms with Gasteiger partial charge < -0.3 is 5.73 Å². The first-order chi connectivity index (χ1) is 8.38. The lowest BCUT2D eigenvalue weighted by molar-refractivity contribution is -0.135. The highest BCUT2D eigenvalue weighted by Gasteiger charge is 2.25. The number of unbranched alkanes of at least 4 members (excludes halogenated alkanes) is 1. The van der Waals surface area contributed by atoms with Crippen molar-refractivity contribution in [1.29, 1.82) is 0 Å². The lowest BCUT2D eigenvalue weighted by atomic mass is 9.99. The Hall–Kier alpha value is -1.52. The highest BCUT2D eigenvalue weighted by molar-refractivity contribution is 5.76. The summed E-state index contributed by atoms with van der Waals surface area (Å²) in [7, 11) is 0. The van der Waals surface area contributed by atoms with E-state index in [4.69, 9.17) is 5.73 Å². The number of carbonyl (C=O) groups is 1. The van der Waals surface area contributed by atoms with E-state index in [9.17, 15) is 18.0 Å². The molecule has 0 saturated heterocycles. The molecule has 0 atom stereocenters. The summed E-state index contributed by atoms with van der Waals surface area (Å²) >= 11 is 0. The van der Waals surface area contributed by atoms with Crippen molar-refractivity contribution in [2.24, 2.45) is 5.73 Å². The van der Waals surface area contributed by atoms with Gasteiger partial charge in [-0.05, 0) is 30.4 Å². The maximum Gasteiger partial charge on any atom is 0.389 e. The number of alkyl halides is 3. The Balaban J connectivity index is 2.49. The molecule has 0 aliphatic heterocycles. The first-order valence-electron chi connectivity index (χ1n) is 5.80. The first-order valence-corrected chi connectivity index (χ1v) is 5.80. The minimum atomic E-state index is -4.09. The van der Waals surface area contributed by atoms with E-state index >= 15 is 0 Å². The van der Waals surface area contributed by atoms with Crippen LogP contribution in [0.15, 0.2) is 24.3 Å². The molecule has 0 fully saturated rings. The Bertz CT molecular complexity index is 401. The molecule has 2 N–H and O–H groups in total. The van der Waals surface area contributed by atoms with Crippen LogP contribution in [0.25, 0.3) is 0 Å². The van der Waals surface area contributed by atoms with E-state index in [0.717, 1.165) is 11.1 Å². The first kappa shape index (κ1) is 14.5. The van der Waals surface area contributed by atoms with Gasteiger partial charge in [-0.25, -0.2) is 0 Å². The number of rotatable bonds is 6. The molecule has 0 unspecified atom stereocenters. The normalized spacial score (nSPS) is 11.5. The molecule has 5 heteroatoms. The molecule has 0 bridgehead atoms. The second kappa shape index (κ2) is 6.42. The summed E-state index contributed by atoms with van der Waals surface area (Å²) < 4.78 is 35.9. The number of hydrogen-bond donors (Lipinski definition) is 1. The standard InChI is InChI=1S/C13H16F3NO/c14-13(15,16)8-4-3-6-10-5-1-2-7-11(10)9-12(17)18/h1-2,5,7H,3-4,6,8-9H2,(H2,17,18). The van der Waals surface area contributed by atoms with E-state index in [2.05, 4.69) is 0 Å². The van der Waals surface area contributed by atoms with Gasteiger partial charge in [0.1, 0.15) is 0 Å². The van der Waals surface area contributed by atoms with Crippen molar-refractivity contribution in [1.82, 2.24) is 0 Å². The zero-order valence-corrected chi connectivity index (χ0v) is 9.96. The maximum atomic E-state index is 12.0. The van der Waals surface area contributed by atoms with Gasteiger partial charge >= 0.3 is 6.18 Å². The second-order valence-corrected chi connectivity index (χ2v) is 4.23. The van der Waals surface area contributed by atoms with Crippen LogP contribution in [0, 0.1) is 0 Å². The van der Waals surface area contributed by atoms with Crippen LogP contribution in [0.5, 0.6) is 0 Å². The Morgan fingerprint density at radius 1 is 1.11 bits per heavy atom. The summed E-state index contributed by atoms with van der Waals surface area (Å²) in [6, 6.07) is 7.21. The molecule has 1 rings (SSSR count). The Morgan fingerprint density at radius 2 is 1.72 bits per heavy atom. The van der Waals surface area contributed by atoms with Crippen LogP contribution >= 0.6 is 0 Å². The molecule has 100 valence electrons. The van der Waals surface area contributed by atoms with Crippen LogP contribution in [0.2, 0.25) is 0 Å². The van der Waals surface area contributed by atoms with Crippen molar-refractivity contribution in [3.05, 3.63) is 35.4 Å². The smallest absolute Gasteiger partial charge is 0.369 e. The SMILES string of the molecule is NC(=O)Cc1ccccc1CCCCC(F)(F)F. The minimum absolute atomic E-state index is 0.106. The van der Waals surface area contributed by atoms with Crippen molar-refractivity contribution in [3.8, 4) is 0 Å². The molecule has 2 nitrogen and oxygen atoms in total. The fourth-order valence-electron chi connectivity index (χ4n) is 1.80. The molecule has 1 aromatic rings. The number of aryl methyl sites for hydroxylation is 1. The number of benzene rings is 1. The number of carbonyl (C=O) groups excluding carboxylic acids is 1. The lowest BCUT2D eigenvalue weighted by Gasteiger charge is -2.09. The largest absolute Gasteiger partial charge is 0.389 e. The third-order valence-corrected chi connectivity index (χ3v) is 2.64. The molecule has 0 saturated carbocycles. The summed E-state index contributed by atoms with van der Waals surface area (Å²) in [6.07, 6.45) is -3.61. The van der Waals surface area contributed by atoms with Crippen LogP contribution < -0.4 is 5.73 Å². The van der Waals surface area contributed by atoms with Crippen LogP contribution in [0.3, 0.4) is 0 Å². The van der Waals surface area contributed by atoms with Crippen LogP contribution in [0.1, 0.15) is 30.4 Å². The van der Waals surface area contributed by atoms with Crippen LogP contribution in [-0.2, 0) is 17.6 Å². The molecular weight excluding hydrogens is 243 g/mol. The van der Waals surface area contributed by atoms with Crippen LogP contribution in [0.4, 0.5) is 13.2 Å². The molecule has 0 aliphatic rings. The van der Waals surface area contributed by atoms with E-state index in [1.165, 1.54) is 0 Å². The van der Waals surface area contributed by atoms with Crippen molar-refractivity contribution in [2.75, 3.05) is 0 Å². The Labute approximate surface area is 104 Å². The summed E-state index contributed by atoms with van der Waals surface area (Å²) in [5, 5.41) is 0. The monoisotopic (exact) mass is 259 g/mol. The number of nitrogens with two attached hydrogens (primary N) is 1.